The van der Waals surface area contributed by atoms with Gasteiger partial charge >= 0.3 is 5.97 Å². The quantitative estimate of drug-likeness (QED) is 0.847. The van der Waals surface area contributed by atoms with Crippen LogP contribution in [0, 0.1) is 23.4 Å². The summed E-state index contributed by atoms with van der Waals surface area (Å²) in [6.07, 6.45) is 2.61. The van der Waals surface area contributed by atoms with Gasteiger partial charge in [0.15, 0.2) is 17.5 Å². The normalized spacial score (nSPS) is 24.2. The predicted molar refractivity (Wildman–Crippen MR) is 81.5 cm³/mol. The van der Waals surface area contributed by atoms with Crippen LogP contribution in [-0.2, 0) is 4.79 Å². The molecule has 0 amide bonds. The summed E-state index contributed by atoms with van der Waals surface area (Å²) in [5, 5.41) is 10.00. The summed E-state index contributed by atoms with van der Waals surface area (Å²) in [7, 11) is 0. The highest BCUT2D eigenvalue weighted by Crippen LogP contribution is 2.38. The van der Waals surface area contributed by atoms with E-state index in [0.29, 0.717) is 31.5 Å². The van der Waals surface area contributed by atoms with Gasteiger partial charge in [-0.15, -0.1) is 11.8 Å². The standard InChI is InChI=1S/C15H16F3NO3S/c1-3-8-4-5-19-13(23-2)15(8,14(20)21)22-9-6-10(16)12(18)11(17)7-9/h6-8H,3-5H2,1-2H3,(H,20,21)/t8?,15-/m1/s1. The molecular weight excluding hydrogens is 331 g/mol. The van der Waals surface area contributed by atoms with Crippen molar-refractivity contribution in [1.82, 2.24) is 0 Å². The van der Waals surface area contributed by atoms with Crippen LogP contribution in [0.3, 0.4) is 0 Å². The molecule has 0 fully saturated rings. The van der Waals surface area contributed by atoms with Crippen molar-refractivity contribution in [3.8, 4) is 5.75 Å². The third-order valence-electron chi connectivity index (χ3n) is 3.87. The summed E-state index contributed by atoms with van der Waals surface area (Å²) in [6.45, 7) is 2.26. The van der Waals surface area contributed by atoms with Crippen molar-refractivity contribution in [2.24, 2.45) is 10.9 Å². The zero-order valence-corrected chi connectivity index (χ0v) is 13.4. The molecule has 2 rings (SSSR count). The smallest absolute Gasteiger partial charge is 0.355 e. The minimum absolute atomic E-state index is 0.230. The number of carboxylic acids is 1. The first-order valence-electron chi connectivity index (χ1n) is 7.02. The molecule has 0 aromatic heterocycles. The molecule has 4 nitrogen and oxygen atoms in total. The van der Waals surface area contributed by atoms with Gasteiger partial charge in [-0.25, -0.2) is 18.0 Å². The molecule has 0 radical (unpaired) electrons. The van der Waals surface area contributed by atoms with Gasteiger partial charge in [0.1, 0.15) is 10.8 Å². The fraction of sp³-hybridized carbons (Fsp3) is 0.467. The van der Waals surface area contributed by atoms with Crippen LogP contribution in [0.4, 0.5) is 13.2 Å². The molecule has 8 heteroatoms. The van der Waals surface area contributed by atoms with Gasteiger partial charge in [0.25, 0.3) is 5.60 Å². The predicted octanol–water partition coefficient (Wildman–Crippen LogP) is 3.50. The summed E-state index contributed by atoms with van der Waals surface area (Å²) in [4.78, 5) is 16.2. The third-order valence-corrected chi connectivity index (χ3v) is 4.68. The molecule has 0 bridgehead atoms. The molecule has 0 saturated heterocycles. The Morgan fingerprint density at radius 2 is 2.04 bits per heavy atom. The molecule has 2 atom stereocenters. The van der Waals surface area contributed by atoms with Crippen molar-refractivity contribution in [1.29, 1.82) is 0 Å². The zero-order valence-electron chi connectivity index (χ0n) is 12.6. The van der Waals surface area contributed by atoms with Crippen LogP contribution in [0.15, 0.2) is 17.1 Å². The maximum Gasteiger partial charge on any atom is 0.355 e. The van der Waals surface area contributed by atoms with Crippen LogP contribution in [0.1, 0.15) is 19.8 Å². The van der Waals surface area contributed by atoms with Crippen LogP contribution in [-0.4, -0.2) is 34.5 Å². The molecule has 126 valence electrons. The molecule has 0 aliphatic carbocycles. The number of rotatable bonds is 4. The number of hydrogen-bond acceptors (Lipinski definition) is 4. The van der Waals surface area contributed by atoms with Crippen LogP contribution in [0.2, 0.25) is 0 Å². The molecule has 0 spiro atoms. The van der Waals surface area contributed by atoms with E-state index in [0.717, 1.165) is 11.8 Å². The van der Waals surface area contributed by atoms with Crippen molar-refractivity contribution in [2.45, 2.75) is 25.4 Å². The maximum atomic E-state index is 13.4. The summed E-state index contributed by atoms with van der Waals surface area (Å²) < 4.78 is 45.4. The van der Waals surface area contributed by atoms with Crippen molar-refractivity contribution < 1.29 is 27.8 Å². The zero-order chi connectivity index (χ0) is 17.2. The molecular formula is C15H16F3NO3S. The highest BCUT2D eigenvalue weighted by Gasteiger charge is 2.53. The van der Waals surface area contributed by atoms with Gasteiger partial charge < -0.3 is 9.84 Å². The first-order chi connectivity index (χ1) is 10.9. The number of benzene rings is 1. The minimum Gasteiger partial charge on any atom is -0.478 e. The number of aliphatic carboxylic acids is 1. The van der Waals surface area contributed by atoms with Crippen molar-refractivity contribution in [3.63, 3.8) is 0 Å². The molecule has 1 aliphatic rings. The summed E-state index contributed by atoms with van der Waals surface area (Å²) >= 11 is 1.11. The molecule has 0 saturated carbocycles. The fourth-order valence-electron chi connectivity index (χ4n) is 2.74. The van der Waals surface area contributed by atoms with Gasteiger partial charge in [-0.3, -0.25) is 4.99 Å². The van der Waals surface area contributed by atoms with Gasteiger partial charge in [0, 0.05) is 24.6 Å². The molecule has 1 N–H and O–H groups in total. The lowest BCUT2D eigenvalue weighted by atomic mass is 9.81. The van der Waals surface area contributed by atoms with E-state index in [2.05, 4.69) is 4.99 Å². The minimum atomic E-state index is -1.83. The number of halogens is 3. The van der Waals surface area contributed by atoms with Gasteiger partial charge in [-0.05, 0) is 19.1 Å². The lowest BCUT2D eigenvalue weighted by Gasteiger charge is -2.39. The summed E-state index contributed by atoms with van der Waals surface area (Å²) in [6, 6.07) is 1.28. The molecule has 1 aliphatic heterocycles. The summed E-state index contributed by atoms with van der Waals surface area (Å²) in [5.74, 6) is -6.60. The van der Waals surface area contributed by atoms with Gasteiger partial charge in [-0.1, -0.05) is 6.92 Å². The lowest BCUT2D eigenvalue weighted by molar-refractivity contribution is -0.153. The van der Waals surface area contributed by atoms with Gasteiger partial charge in [0.2, 0.25) is 0 Å². The number of nitrogens with zero attached hydrogens (tertiary/aromatic N) is 1. The van der Waals surface area contributed by atoms with Crippen molar-refractivity contribution in [3.05, 3.63) is 29.6 Å². The number of aliphatic imine (C=N–C) groups is 1. The van der Waals surface area contributed by atoms with E-state index in [1.807, 2.05) is 0 Å². The maximum absolute atomic E-state index is 13.4. The van der Waals surface area contributed by atoms with E-state index in [1.54, 1.807) is 13.2 Å². The van der Waals surface area contributed by atoms with Gasteiger partial charge in [-0.2, -0.15) is 0 Å². The highest BCUT2D eigenvalue weighted by molar-refractivity contribution is 8.13. The third kappa shape index (κ3) is 3.04. The Labute approximate surface area is 135 Å². The van der Waals surface area contributed by atoms with E-state index < -0.39 is 34.9 Å². The number of ether oxygens (including phenoxy) is 1. The average molecular weight is 347 g/mol. The Morgan fingerprint density at radius 1 is 1.43 bits per heavy atom. The number of hydrogen-bond donors (Lipinski definition) is 1. The second-order valence-electron chi connectivity index (χ2n) is 5.13. The van der Waals surface area contributed by atoms with Crippen LogP contribution < -0.4 is 4.74 Å². The molecule has 23 heavy (non-hydrogen) atoms. The van der Waals surface area contributed by atoms with E-state index in [9.17, 15) is 23.1 Å². The average Bonchev–Trinajstić information content (AvgIpc) is 2.52. The van der Waals surface area contributed by atoms with E-state index in [1.165, 1.54) is 0 Å². The molecule has 1 unspecified atom stereocenters. The fourth-order valence-corrected chi connectivity index (χ4v) is 3.56. The van der Waals surface area contributed by atoms with Gasteiger partial charge in [0.05, 0.1) is 0 Å². The van der Waals surface area contributed by atoms with Crippen LogP contribution in [0.5, 0.6) is 5.75 Å². The summed E-state index contributed by atoms with van der Waals surface area (Å²) in [5.41, 5.74) is -1.83. The number of carboxylic acid groups (broad SMARTS) is 1. The molecule has 1 heterocycles. The van der Waals surface area contributed by atoms with Crippen molar-refractivity contribution in [2.75, 3.05) is 12.8 Å². The Hall–Kier alpha value is -1.70. The largest absolute Gasteiger partial charge is 0.478 e. The first kappa shape index (κ1) is 17.7. The topological polar surface area (TPSA) is 58.9 Å². The van der Waals surface area contributed by atoms with Crippen molar-refractivity contribution >= 4 is 22.8 Å². The SMILES string of the molecule is CCC1CCN=C(SC)[C@@]1(Oc1cc(F)c(F)c(F)c1)C(=O)O. The first-order valence-corrected chi connectivity index (χ1v) is 8.25. The van der Waals surface area contributed by atoms with E-state index in [-0.39, 0.29) is 10.8 Å². The Balaban J connectivity index is 2.54. The van der Waals surface area contributed by atoms with Crippen LogP contribution in [0.25, 0.3) is 0 Å². The lowest BCUT2D eigenvalue weighted by Crippen LogP contribution is -2.58. The number of carbonyl (C=O) groups is 1. The van der Waals surface area contributed by atoms with E-state index in [4.69, 9.17) is 4.74 Å². The van der Waals surface area contributed by atoms with Crippen LogP contribution >= 0.6 is 11.8 Å². The Kier molecular flexibility index (Phi) is 5.23. The molecule has 1 aromatic carbocycles. The highest BCUT2D eigenvalue weighted by atomic mass is 32.2. The van der Waals surface area contributed by atoms with E-state index >= 15 is 0 Å². The Morgan fingerprint density at radius 3 is 2.52 bits per heavy atom. The number of thioether (sulfide) groups is 1. The second-order valence-corrected chi connectivity index (χ2v) is 5.92. The molecule has 1 aromatic rings. The second kappa shape index (κ2) is 6.82. The monoisotopic (exact) mass is 347 g/mol. The Bertz CT molecular complexity index is 630.